The van der Waals surface area contributed by atoms with Crippen LogP contribution in [0, 0.1) is 0 Å². The summed E-state index contributed by atoms with van der Waals surface area (Å²) in [4.78, 5) is 4.07. The molecule has 0 bridgehead atoms. The lowest BCUT2D eigenvalue weighted by Crippen LogP contribution is -1.94. The largest absolute Gasteiger partial charge is 0.491 e. The third kappa shape index (κ3) is 2.60. The molecular weight excluding hydrogens is 240 g/mol. The minimum Gasteiger partial charge on any atom is -0.491 e. The fourth-order valence-corrected chi connectivity index (χ4v) is 1.47. The van der Waals surface area contributed by atoms with Crippen LogP contribution in [-0.2, 0) is 0 Å². The van der Waals surface area contributed by atoms with Crippen LogP contribution >= 0.6 is 11.6 Å². The number of ether oxygens (including phenoxy) is 2. The molecule has 88 valence electrons. The number of nitrogens with zero attached hydrogens (tertiary/aromatic N) is 1. The van der Waals surface area contributed by atoms with E-state index in [2.05, 4.69) is 4.98 Å². The highest BCUT2D eigenvalue weighted by molar-refractivity contribution is 6.32. The molecule has 0 saturated heterocycles. The van der Waals surface area contributed by atoms with Gasteiger partial charge in [0.2, 0.25) is 0 Å². The van der Waals surface area contributed by atoms with Gasteiger partial charge in [0.25, 0.3) is 5.88 Å². The summed E-state index contributed by atoms with van der Waals surface area (Å²) in [6.07, 6.45) is 1.61. The topological polar surface area (TPSA) is 57.4 Å². The zero-order valence-electron chi connectivity index (χ0n) is 9.18. The number of anilines is 1. The van der Waals surface area contributed by atoms with E-state index in [1.165, 1.54) is 0 Å². The van der Waals surface area contributed by atoms with Crippen molar-refractivity contribution in [2.45, 2.75) is 0 Å². The number of rotatable bonds is 3. The van der Waals surface area contributed by atoms with Crippen LogP contribution in [0.3, 0.4) is 0 Å². The number of nitrogen functional groups attached to an aromatic ring is 1. The van der Waals surface area contributed by atoms with Crippen LogP contribution in [0.1, 0.15) is 0 Å². The highest BCUT2D eigenvalue weighted by atomic mass is 35.5. The van der Waals surface area contributed by atoms with Crippen molar-refractivity contribution in [3.05, 3.63) is 41.6 Å². The maximum Gasteiger partial charge on any atom is 0.262 e. The molecule has 2 rings (SSSR count). The van der Waals surface area contributed by atoms with Gasteiger partial charge in [0.15, 0.2) is 5.75 Å². The fraction of sp³-hybridized carbons (Fsp3) is 0.0833. The Bertz CT molecular complexity index is 532. The van der Waals surface area contributed by atoms with E-state index < -0.39 is 0 Å². The van der Waals surface area contributed by atoms with Crippen LogP contribution in [0.15, 0.2) is 36.5 Å². The minimum absolute atomic E-state index is 0.350. The fourth-order valence-electron chi connectivity index (χ4n) is 1.31. The van der Waals surface area contributed by atoms with E-state index in [1.54, 1.807) is 43.6 Å². The molecule has 4 nitrogen and oxygen atoms in total. The summed E-state index contributed by atoms with van der Waals surface area (Å²) in [5.74, 6) is 1.33. The molecule has 2 N–H and O–H groups in total. The van der Waals surface area contributed by atoms with Crippen molar-refractivity contribution in [2.75, 3.05) is 12.8 Å². The van der Waals surface area contributed by atoms with Gasteiger partial charge in [-0.2, -0.15) is 0 Å². The molecule has 1 heterocycles. The second kappa shape index (κ2) is 4.93. The van der Waals surface area contributed by atoms with E-state index in [0.29, 0.717) is 28.1 Å². The molecule has 0 aliphatic heterocycles. The first-order valence-electron chi connectivity index (χ1n) is 4.92. The van der Waals surface area contributed by atoms with E-state index in [1.807, 2.05) is 0 Å². The Balaban J connectivity index is 2.34. The van der Waals surface area contributed by atoms with Gasteiger partial charge >= 0.3 is 0 Å². The molecule has 0 unspecified atom stereocenters. The van der Waals surface area contributed by atoms with Crippen molar-refractivity contribution in [1.82, 2.24) is 4.98 Å². The van der Waals surface area contributed by atoms with E-state index in [9.17, 15) is 0 Å². The number of hydrogen-bond donors (Lipinski definition) is 1. The second-order valence-corrected chi connectivity index (χ2v) is 3.71. The van der Waals surface area contributed by atoms with E-state index in [4.69, 9.17) is 26.8 Å². The van der Waals surface area contributed by atoms with Gasteiger partial charge in [-0.15, -0.1) is 0 Å². The normalized spacial score (nSPS) is 10.0. The molecule has 2 aromatic rings. The lowest BCUT2D eigenvalue weighted by Gasteiger charge is -2.10. The third-order valence-corrected chi connectivity index (χ3v) is 2.43. The van der Waals surface area contributed by atoms with Crippen LogP contribution in [0.5, 0.6) is 17.4 Å². The average Bonchev–Trinajstić information content (AvgIpc) is 2.34. The Morgan fingerprint density at radius 3 is 2.82 bits per heavy atom. The maximum absolute atomic E-state index is 5.99. The maximum atomic E-state index is 5.99. The Labute approximate surface area is 104 Å². The Morgan fingerprint density at radius 2 is 2.06 bits per heavy atom. The Morgan fingerprint density at radius 1 is 1.24 bits per heavy atom. The predicted molar refractivity (Wildman–Crippen MR) is 66.7 cm³/mol. The van der Waals surface area contributed by atoms with E-state index in [-0.39, 0.29) is 0 Å². The summed E-state index contributed by atoms with van der Waals surface area (Å²) in [7, 11) is 1.55. The minimum atomic E-state index is 0.350. The number of nitrogens with two attached hydrogens (primary N) is 1. The van der Waals surface area contributed by atoms with Crippen LogP contribution in [0.2, 0.25) is 5.02 Å². The van der Waals surface area contributed by atoms with Crippen LogP contribution in [-0.4, -0.2) is 12.1 Å². The molecule has 0 atom stereocenters. The number of benzene rings is 1. The van der Waals surface area contributed by atoms with Gasteiger partial charge in [0, 0.05) is 18.0 Å². The molecule has 0 saturated carbocycles. The lowest BCUT2D eigenvalue weighted by atomic mass is 10.3. The standard InChI is InChI=1S/C12H11ClN2O2/c1-16-10-3-2-6-15-12(10)17-11-7-8(14)4-5-9(11)13/h2-7H,14H2,1H3. The van der Waals surface area contributed by atoms with Crippen molar-refractivity contribution in [3.63, 3.8) is 0 Å². The van der Waals surface area contributed by atoms with Crippen LogP contribution < -0.4 is 15.2 Å². The van der Waals surface area contributed by atoms with Gasteiger partial charge in [0.1, 0.15) is 5.75 Å². The molecule has 0 aliphatic carbocycles. The van der Waals surface area contributed by atoms with E-state index >= 15 is 0 Å². The molecule has 17 heavy (non-hydrogen) atoms. The number of methoxy groups -OCH3 is 1. The highest BCUT2D eigenvalue weighted by Gasteiger charge is 2.09. The first kappa shape index (κ1) is 11.5. The number of aromatic nitrogens is 1. The van der Waals surface area contributed by atoms with Crippen LogP contribution in [0.4, 0.5) is 5.69 Å². The van der Waals surface area contributed by atoms with Gasteiger partial charge in [-0.05, 0) is 24.3 Å². The number of pyridine rings is 1. The summed E-state index contributed by atoms with van der Waals surface area (Å²) in [5.41, 5.74) is 6.23. The van der Waals surface area contributed by atoms with Crippen LogP contribution in [0.25, 0.3) is 0 Å². The zero-order valence-corrected chi connectivity index (χ0v) is 9.94. The molecule has 1 aromatic carbocycles. The molecule has 0 aliphatic rings. The quantitative estimate of drug-likeness (QED) is 0.851. The van der Waals surface area contributed by atoms with Crippen molar-refractivity contribution < 1.29 is 9.47 Å². The monoisotopic (exact) mass is 250 g/mol. The molecule has 5 heteroatoms. The number of halogens is 1. The summed E-state index contributed by atoms with van der Waals surface area (Å²) >= 11 is 5.99. The van der Waals surface area contributed by atoms with Gasteiger partial charge in [-0.1, -0.05) is 11.6 Å². The molecule has 0 spiro atoms. The Kier molecular flexibility index (Phi) is 3.35. The van der Waals surface area contributed by atoms with Gasteiger partial charge in [-0.25, -0.2) is 4.98 Å². The summed E-state index contributed by atoms with van der Waals surface area (Å²) < 4.78 is 10.7. The van der Waals surface area contributed by atoms with E-state index in [0.717, 1.165) is 0 Å². The lowest BCUT2D eigenvalue weighted by molar-refractivity contribution is 0.370. The average molecular weight is 251 g/mol. The first-order valence-corrected chi connectivity index (χ1v) is 5.30. The van der Waals surface area contributed by atoms with Crippen molar-refractivity contribution in [1.29, 1.82) is 0 Å². The molecule has 0 amide bonds. The smallest absolute Gasteiger partial charge is 0.262 e. The third-order valence-electron chi connectivity index (χ3n) is 2.12. The second-order valence-electron chi connectivity index (χ2n) is 3.30. The summed E-state index contributed by atoms with van der Waals surface area (Å²) in [6, 6.07) is 8.51. The van der Waals surface area contributed by atoms with Gasteiger partial charge < -0.3 is 15.2 Å². The summed E-state index contributed by atoms with van der Waals surface area (Å²) in [6.45, 7) is 0. The summed E-state index contributed by atoms with van der Waals surface area (Å²) in [5, 5.41) is 0.465. The predicted octanol–water partition coefficient (Wildman–Crippen LogP) is 3.12. The SMILES string of the molecule is COc1cccnc1Oc1cc(N)ccc1Cl. The number of hydrogen-bond acceptors (Lipinski definition) is 4. The molecule has 1 aromatic heterocycles. The molecule has 0 radical (unpaired) electrons. The Hall–Kier alpha value is -1.94. The van der Waals surface area contributed by atoms with Gasteiger partial charge in [0.05, 0.1) is 12.1 Å². The van der Waals surface area contributed by atoms with Gasteiger partial charge in [-0.3, -0.25) is 0 Å². The van der Waals surface area contributed by atoms with Crippen molar-refractivity contribution >= 4 is 17.3 Å². The molecule has 0 fully saturated rings. The highest BCUT2D eigenvalue weighted by Crippen LogP contribution is 2.34. The first-order chi connectivity index (χ1) is 8.20. The van der Waals surface area contributed by atoms with Crippen molar-refractivity contribution in [3.8, 4) is 17.4 Å². The zero-order chi connectivity index (χ0) is 12.3. The van der Waals surface area contributed by atoms with Crippen molar-refractivity contribution in [2.24, 2.45) is 0 Å². The molecular formula is C12H11ClN2O2.